The lowest BCUT2D eigenvalue weighted by Crippen LogP contribution is -2.41. The predicted molar refractivity (Wildman–Crippen MR) is 35.4 cm³/mol. The van der Waals surface area contributed by atoms with E-state index in [0.29, 0.717) is 5.92 Å². The molecule has 1 aliphatic carbocycles. The Morgan fingerprint density at radius 2 is 2.50 bits per heavy atom. The lowest BCUT2D eigenvalue weighted by atomic mass is 10.1. The van der Waals surface area contributed by atoms with Crippen LogP contribution in [0.2, 0.25) is 0 Å². The first-order chi connectivity index (χ1) is 4.79. The third kappa shape index (κ3) is 0.814. The Labute approximate surface area is 59.4 Å². The van der Waals surface area contributed by atoms with Gasteiger partial charge in [0.1, 0.15) is 6.04 Å². The second-order valence-electron chi connectivity index (χ2n) is 2.99. The SMILES string of the molecule is O=C(O)C1NCCC2C[C]21. The van der Waals surface area contributed by atoms with Crippen molar-refractivity contribution in [3.8, 4) is 0 Å². The Kier molecular flexibility index (Phi) is 1.20. The highest BCUT2D eigenvalue weighted by Gasteiger charge is 2.48. The number of carboxylic acids is 1. The van der Waals surface area contributed by atoms with Gasteiger partial charge in [-0.1, -0.05) is 0 Å². The van der Waals surface area contributed by atoms with E-state index in [1.807, 2.05) is 0 Å². The molecule has 3 heteroatoms. The van der Waals surface area contributed by atoms with Crippen LogP contribution in [0.15, 0.2) is 0 Å². The molecule has 1 heterocycles. The highest BCUT2D eigenvalue weighted by atomic mass is 16.4. The second kappa shape index (κ2) is 1.95. The molecular formula is C7H10NO2. The van der Waals surface area contributed by atoms with Crippen molar-refractivity contribution < 1.29 is 9.90 Å². The molecule has 2 atom stereocenters. The van der Waals surface area contributed by atoms with Gasteiger partial charge < -0.3 is 10.4 Å². The van der Waals surface area contributed by atoms with Gasteiger partial charge in [-0.05, 0) is 25.3 Å². The smallest absolute Gasteiger partial charge is 0.321 e. The summed E-state index contributed by atoms with van der Waals surface area (Å²) in [5.74, 6) is 1.14. The highest BCUT2D eigenvalue weighted by Crippen LogP contribution is 2.48. The number of carbonyl (C=O) groups is 1. The number of rotatable bonds is 1. The average Bonchev–Trinajstić information content (AvgIpc) is 2.63. The van der Waals surface area contributed by atoms with Crippen molar-refractivity contribution in [2.24, 2.45) is 5.92 Å². The van der Waals surface area contributed by atoms with Crippen molar-refractivity contribution in [2.75, 3.05) is 6.54 Å². The minimum atomic E-state index is -0.711. The topological polar surface area (TPSA) is 49.3 Å². The van der Waals surface area contributed by atoms with E-state index in [2.05, 4.69) is 5.32 Å². The standard InChI is InChI=1S/C7H10NO2/c9-7(10)6-5-3-4(5)1-2-8-6/h4,6,8H,1-3H2,(H,9,10). The van der Waals surface area contributed by atoms with Gasteiger partial charge in [-0.25, -0.2) is 0 Å². The second-order valence-corrected chi connectivity index (χ2v) is 2.99. The zero-order chi connectivity index (χ0) is 7.14. The van der Waals surface area contributed by atoms with Gasteiger partial charge in [0.15, 0.2) is 0 Å². The van der Waals surface area contributed by atoms with Crippen molar-refractivity contribution in [3.63, 3.8) is 0 Å². The van der Waals surface area contributed by atoms with Crippen LogP contribution in [-0.2, 0) is 4.79 Å². The van der Waals surface area contributed by atoms with Crippen molar-refractivity contribution >= 4 is 5.97 Å². The van der Waals surface area contributed by atoms with Crippen LogP contribution in [0.25, 0.3) is 0 Å². The molecule has 2 aliphatic rings. The lowest BCUT2D eigenvalue weighted by molar-refractivity contribution is -0.138. The first-order valence-electron chi connectivity index (χ1n) is 3.61. The van der Waals surface area contributed by atoms with Gasteiger partial charge in [0.05, 0.1) is 0 Å². The van der Waals surface area contributed by atoms with Crippen LogP contribution in [0.4, 0.5) is 0 Å². The molecule has 1 saturated heterocycles. The third-order valence-corrected chi connectivity index (χ3v) is 2.31. The molecule has 0 bridgehead atoms. The molecule has 1 radical (unpaired) electrons. The molecule has 0 amide bonds. The Morgan fingerprint density at radius 1 is 1.70 bits per heavy atom. The Morgan fingerprint density at radius 3 is 3.10 bits per heavy atom. The fraction of sp³-hybridized carbons (Fsp3) is 0.714. The first-order valence-corrected chi connectivity index (χ1v) is 3.61. The van der Waals surface area contributed by atoms with Crippen LogP contribution in [0.3, 0.4) is 0 Å². The quantitative estimate of drug-likeness (QED) is 0.540. The molecule has 1 saturated carbocycles. The summed E-state index contributed by atoms with van der Waals surface area (Å²) >= 11 is 0. The molecule has 2 N–H and O–H groups in total. The fourth-order valence-corrected chi connectivity index (χ4v) is 1.65. The number of hydrogen-bond acceptors (Lipinski definition) is 2. The van der Waals surface area contributed by atoms with Gasteiger partial charge in [-0.3, -0.25) is 4.79 Å². The maximum atomic E-state index is 10.5. The first kappa shape index (κ1) is 6.16. The number of piperidine rings is 1. The largest absolute Gasteiger partial charge is 0.480 e. The van der Waals surface area contributed by atoms with E-state index in [1.165, 1.54) is 5.92 Å². The summed E-state index contributed by atoms with van der Waals surface area (Å²) in [6, 6.07) is -0.321. The number of fused-ring (bicyclic) bond motifs is 1. The molecule has 0 aromatic heterocycles. The van der Waals surface area contributed by atoms with Crippen molar-refractivity contribution in [1.82, 2.24) is 5.32 Å². The lowest BCUT2D eigenvalue weighted by Gasteiger charge is -2.17. The summed E-state index contributed by atoms with van der Waals surface area (Å²) in [4.78, 5) is 10.5. The van der Waals surface area contributed by atoms with Crippen LogP contribution >= 0.6 is 0 Å². The van der Waals surface area contributed by atoms with Gasteiger partial charge in [0.25, 0.3) is 0 Å². The van der Waals surface area contributed by atoms with E-state index in [0.717, 1.165) is 19.4 Å². The van der Waals surface area contributed by atoms with Gasteiger partial charge in [0, 0.05) is 5.92 Å². The number of aliphatic carboxylic acids is 1. The summed E-state index contributed by atoms with van der Waals surface area (Å²) in [5.41, 5.74) is 0. The van der Waals surface area contributed by atoms with Crippen molar-refractivity contribution in [1.29, 1.82) is 0 Å². The van der Waals surface area contributed by atoms with Gasteiger partial charge in [-0.15, -0.1) is 0 Å². The van der Waals surface area contributed by atoms with Gasteiger partial charge >= 0.3 is 5.97 Å². The average molecular weight is 140 g/mol. The zero-order valence-electron chi connectivity index (χ0n) is 5.63. The highest BCUT2D eigenvalue weighted by molar-refractivity contribution is 5.78. The third-order valence-electron chi connectivity index (χ3n) is 2.31. The maximum absolute atomic E-state index is 10.5. The van der Waals surface area contributed by atoms with E-state index >= 15 is 0 Å². The number of carboxylic acid groups (broad SMARTS) is 1. The summed E-state index contributed by atoms with van der Waals surface area (Å²) in [6.45, 7) is 0.866. The molecule has 55 valence electrons. The Bertz CT molecular complexity index is 169. The minimum absolute atomic E-state index is 0.321. The number of hydrogen-bond donors (Lipinski definition) is 2. The van der Waals surface area contributed by atoms with E-state index in [1.54, 1.807) is 0 Å². The van der Waals surface area contributed by atoms with Crippen molar-refractivity contribution in [2.45, 2.75) is 18.9 Å². The molecule has 3 nitrogen and oxygen atoms in total. The van der Waals surface area contributed by atoms with Gasteiger partial charge in [-0.2, -0.15) is 0 Å². The van der Waals surface area contributed by atoms with Crippen molar-refractivity contribution in [3.05, 3.63) is 5.92 Å². The fourth-order valence-electron chi connectivity index (χ4n) is 1.65. The molecular weight excluding hydrogens is 130 g/mol. The van der Waals surface area contributed by atoms with Crippen LogP contribution < -0.4 is 5.32 Å². The molecule has 2 unspecified atom stereocenters. The van der Waals surface area contributed by atoms with Gasteiger partial charge in [0.2, 0.25) is 0 Å². The molecule has 10 heavy (non-hydrogen) atoms. The normalized spacial score (nSPS) is 38.8. The van der Waals surface area contributed by atoms with Crippen LogP contribution in [0.5, 0.6) is 0 Å². The monoisotopic (exact) mass is 140 g/mol. The Hall–Kier alpha value is -0.570. The summed E-state index contributed by atoms with van der Waals surface area (Å²) in [5, 5.41) is 11.6. The van der Waals surface area contributed by atoms with Crippen LogP contribution in [0.1, 0.15) is 12.8 Å². The summed E-state index contributed by atoms with van der Waals surface area (Å²) in [7, 11) is 0. The molecule has 2 rings (SSSR count). The molecule has 0 spiro atoms. The summed E-state index contributed by atoms with van der Waals surface area (Å²) in [6.07, 6.45) is 2.18. The molecule has 1 aliphatic heterocycles. The maximum Gasteiger partial charge on any atom is 0.321 e. The molecule has 0 aromatic rings. The Balaban J connectivity index is 2.02. The van der Waals surface area contributed by atoms with E-state index in [-0.39, 0.29) is 6.04 Å². The summed E-state index contributed by atoms with van der Waals surface area (Å²) < 4.78 is 0. The minimum Gasteiger partial charge on any atom is -0.480 e. The van der Waals surface area contributed by atoms with Crippen LogP contribution in [0, 0.1) is 11.8 Å². The van der Waals surface area contributed by atoms with E-state index < -0.39 is 5.97 Å². The van der Waals surface area contributed by atoms with E-state index in [9.17, 15) is 4.79 Å². The molecule has 2 fully saturated rings. The predicted octanol–water partition coefficient (Wildman–Crippen LogP) is 0.0273. The van der Waals surface area contributed by atoms with E-state index in [4.69, 9.17) is 5.11 Å². The molecule has 0 aromatic carbocycles. The number of nitrogens with one attached hydrogen (secondary N) is 1. The van der Waals surface area contributed by atoms with Crippen LogP contribution in [-0.4, -0.2) is 23.7 Å². The zero-order valence-corrected chi connectivity index (χ0v) is 5.63.